The summed E-state index contributed by atoms with van der Waals surface area (Å²) < 4.78 is 0. The molecule has 74 heavy (non-hydrogen) atoms. The largest absolute Gasteiger partial charge is 0.0622 e. The first-order valence-electron chi connectivity index (χ1n) is 25.7. The van der Waals surface area contributed by atoms with E-state index < -0.39 is 0 Å². The normalized spacial score (nSPS) is 11.5. The van der Waals surface area contributed by atoms with Gasteiger partial charge < -0.3 is 0 Å². The lowest BCUT2D eigenvalue weighted by atomic mass is 9.78. The lowest BCUT2D eigenvalue weighted by Gasteiger charge is -2.25. The van der Waals surface area contributed by atoms with Gasteiger partial charge in [0.15, 0.2) is 0 Å². The maximum absolute atomic E-state index is 2.37. The van der Waals surface area contributed by atoms with E-state index in [4.69, 9.17) is 0 Å². The van der Waals surface area contributed by atoms with Crippen LogP contribution in [0.4, 0.5) is 0 Å². The van der Waals surface area contributed by atoms with Crippen LogP contribution < -0.4 is 0 Å². The third-order valence-electron chi connectivity index (χ3n) is 15.3. The molecule has 344 valence electrons. The zero-order valence-corrected chi connectivity index (χ0v) is 40.7. The maximum atomic E-state index is 2.37. The van der Waals surface area contributed by atoms with Crippen LogP contribution in [0.5, 0.6) is 0 Å². The van der Waals surface area contributed by atoms with E-state index in [1.54, 1.807) is 0 Å². The average molecular weight is 937 g/mol. The third kappa shape index (κ3) is 7.14. The molecule has 0 aliphatic rings. The van der Waals surface area contributed by atoms with E-state index in [2.05, 4.69) is 291 Å². The number of fused-ring (bicyclic) bond motifs is 5. The van der Waals surface area contributed by atoms with E-state index in [0.717, 1.165) is 11.1 Å². The topological polar surface area (TPSA) is 0 Å². The summed E-state index contributed by atoms with van der Waals surface area (Å²) in [5.74, 6) is 0. The minimum Gasteiger partial charge on any atom is -0.0622 e. The van der Waals surface area contributed by atoms with Crippen molar-refractivity contribution < 1.29 is 0 Å². The number of benzene rings is 14. The second-order valence-corrected chi connectivity index (χ2v) is 19.3. The minimum atomic E-state index is 1.16. The van der Waals surface area contributed by atoms with Crippen molar-refractivity contribution in [3.63, 3.8) is 0 Å². The first-order valence-corrected chi connectivity index (χ1v) is 25.7. The summed E-state index contributed by atoms with van der Waals surface area (Å²) in [6.45, 7) is 0. The Morgan fingerprint density at radius 1 is 0.0946 bits per heavy atom. The first-order chi connectivity index (χ1) is 36.8. The Labute approximate surface area is 431 Å². The van der Waals surface area contributed by atoms with Gasteiger partial charge in [0.1, 0.15) is 0 Å². The molecule has 0 saturated heterocycles. The molecule has 14 aromatic carbocycles. The molecule has 0 unspecified atom stereocenters. The average Bonchev–Trinajstić information content (AvgIpc) is 3.49. The Balaban J connectivity index is 1.02. The molecule has 0 aliphatic carbocycles. The molecule has 0 aromatic heterocycles. The number of rotatable bonds is 8. The van der Waals surface area contributed by atoms with Crippen molar-refractivity contribution in [3.05, 3.63) is 291 Å². The molecule has 14 aromatic rings. The van der Waals surface area contributed by atoms with Crippen LogP contribution in [-0.4, -0.2) is 0 Å². The van der Waals surface area contributed by atoms with E-state index in [-0.39, 0.29) is 0 Å². The molecule has 0 heterocycles. The van der Waals surface area contributed by atoms with E-state index >= 15 is 0 Å². The molecule has 0 saturated carbocycles. The Hall–Kier alpha value is -9.62. The molecule has 0 fully saturated rings. The van der Waals surface area contributed by atoms with Gasteiger partial charge in [-0.25, -0.2) is 0 Å². The monoisotopic (exact) mass is 936 g/mol. The molecule has 0 atom stereocenters. The predicted molar refractivity (Wildman–Crippen MR) is 317 cm³/mol. The van der Waals surface area contributed by atoms with Crippen LogP contribution in [0.25, 0.3) is 143 Å². The van der Waals surface area contributed by atoms with Gasteiger partial charge in [-0.1, -0.05) is 291 Å². The standard InChI is InChI=1S/C74H48/c1-5-23-49(24-6-1)67-57-31-13-17-35-61(57)69(62-36-18-14-32-58(62)67)53-41-45-55(46-42-53)73-71(51-27-9-3-10-28-51)65-39-21-22-40-66(65)72(52-29-11-4-12-30-52)74(73)56-47-43-54(44-48-56)70-63-37-19-15-33-59(63)68(50-25-7-2-8-26-50)60-34-16-20-38-64(60)70/h1-48H. The van der Waals surface area contributed by atoms with Crippen molar-refractivity contribution in [3.8, 4) is 89.0 Å². The molecule has 14 rings (SSSR count). The molecule has 0 bridgehead atoms. The van der Waals surface area contributed by atoms with Crippen molar-refractivity contribution in [2.45, 2.75) is 0 Å². The van der Waals surface area contributed by atoms with Crippen LogP contribution in [0.3, 0.4) is 0 Å². The minimum absolute atomic E-state index is 1.16. The molecule has 0 aliphatic heterocycles. The van der Waals surface area contributed by atoms with Gasteiger partial charge in [0, 0.05) is 0 Å². The van der Waals surface area contributed by atoms with E-state index in [9.17, 15) is 0 Å². The molecule has 0 amide bonds. The molecule has 0 heteroatoms. The fraction of sp³-hybridized carbons (Fsp3) is 0. The fourth-order valence-corrected chi connectivity index (χ4v) is 12.1. The molecule has 0 radical (unpaired) electrons. The van der Waals surface area contributed by atoms with Gasteiger partial charge in [0.25, 0.3) is 0 Å². The van der Waals surface area contributed by atoms with Gasteiger partial charge in [-0.05, 0) is 143 Å². The second kappa shape index (κ2) is 18.2. The van der Waals surface area contributed by atoms with Crippen LogP contribution in [-0.2, 0) is 0 Å². The van der Waals surface area contributed by atoms with Gasteiger partial charge in [0.2, 0.25) is 0 Å². The third-order valence-corrected chi connectivity index (χ3v) is 15.3. The smallest absolute Gasteiger partial charge is 0.00141 e. The zero-order chi connectivity index (χ0) is 49.0. The second-order valence-electron chi connectivity index (χ2n) is 19.3. The number of hydrogen-bond donors (Lipinski definition) is 0. The zero-order valence-electron chi connectivity index (χ0n) is 40.7. The summed E-state index contributed by atoms with van der Waals surface area (Å²) in [4.78, 5) is 0. The van der Waals surface area contributed by atoms with Crippen molar-refractivity contribution >= 4 is 53.9 Å². The van der Waals surface area contributed by atoms with Gasteiger partial charge in [0.05, 0.1) is 0 Å². The highest BCUT2D eigenvalue weighted by Crippen LogP contribution is 2.53. The van der Waals surface area contributed by atoms with Crippen molar-refractivity contribution in [1.82, 2.24) is 0 Å². The predicted octanol–water partition coefficient (Wildman–Crippen LogP) is 20.8. The molecular formula is C74H48. The van der Waals surface area contributed by atoms with Crippen molar-refractivity contribution in [1.29, 1.82) is 0 Å². The van der Waals surface area contributed by atoms with Crippen LogP contribution in [0.1, 0.15) is 0 Å². The summed E-state index contributed by atoms with van der Waals surface area (Å²) in [6, 6.07) is 107. The number of hydrogen-bond acceptors (Lipinski definition) is 0. The Morgan fingerprint density at radius 3 is 0.432 bits per heavy atom. The van der Waals surface area contributed by atoms with Crippen LogP contribution in [0.2, 0.25) is 0 Å². The van der Waals surface area contributed by atoms with Crippen molar-refractivity contribution in [2.75, 3.05) is 0 Å². The lowest BCUT2D eigenvalue weighted by molar-refractivity contribution is 1.56. The van der Waals surface area contributed by atoms with Crippen LogP contribution >= 0.6 is 0 Å². The highest BCUT2D eigenvalue weighted by molar-refractivity contribution is 6.24. The fourth-order valence-electron chi connectivity index (χ4n) is 12.1. The molecular weight excluding hydrogens is 889 g/mol. The van der Waals surface area contributed by atoms with Gasteiger partial charge in [-0.15, -0.1) is 0 Å². The Morgan fingerprint density at radius 2 is 0.230 bits per heavy atom. The highest BCUT2D eigenvalue weighted by Gasteiger charge is 2.25. The summed E-state index contributed by atoms with van der Waals surface area (Å²) in [5.41, 5.74) is 19.5. The summed E-state index contributed by atoms with van der Waals surface area (Å²) in [5, 5.41) is 12.4. The molecule has 0 spiro atoms. The molecule has 0 N–H and O–H groups in total. The van der Waals surface area contributed by atoms with Gasteiger partial charge in [-0.2, -0.15) is 0 Å². The van der Waals surface area contributed by atoms with E-state index in [1.165, 1.54) is 132 Å². The van der Waals surface area contributed by atoms with E-state index in [1.807, 2.05) is 0 Å². The Bertz CT molecular complexity index is 4000. The van der Waals surface area contributed by atoms with Crippen LogP contribution in [0, 0.1) is 0 Å². The van der Waals surface area contributed by atoms with Gasteiger partial charge in [-0.3, -0.25) is 0 Å². The van der Waals surface area contributed by atoms with E-state index in [0.29, 0.717) is 0 Å². The maximum Gasteiger partial charge on any atom is -0.00141 e. The van der Waals surface area contributed by atoms with Crippen molar-refractivity contribution in [2.24, 2.45) is 0 Å². The summed E-state index contributed by atoms with van der Waals surface area (Å²) in [6.07, 6.45) is 0. The highest BCUT2D eigenvalue weighted by atomic mass is 14.3. The lowest BCUT2D eigenvalue weighted by Crippen LogP contribution is -1.98. The molecule has 0 nitrogen and oxygen atoms in total. The Kier molecular flexibility index (Phi) is 10.6. The van der Waals surface area contributed by atoms with Gasteiger partial charge >= 0.3 is 0 Å². The summed E-state index contributed by atoms with van der Waals surface area (Å²) >= 11 is 0. The first kappa shape index (κ1) is 43.2. The SMILES string of the molecule is c1ccc(-c2c(-c3ccc(-c4c5ccccc5c(-c5ccccc5)c5ccccc45)cc3)c(-c3ccc(-c4c5ccccc5c(-c5ccccc5)c5ccccc45)cc3)c(-c3ccccc3)c3ccccc23)cc1. The summed E-state index contributed by atoms with van der Waals surface area (Å²) in [7, 11) is 0. The quantitative estimate of drug-likeness (QED) is 0.133. The van der Waals surface area contributed by atoms with Crippen LogP contribution in [0.15, 0.2) is 291 Å².